The highest BCUT2D eigenvalue weighted by Crippen LogP contribution is 2.21. The molecule has 1 aliphatic rings. The number of hydrogen-bond acceptors (Lipinski definition) is 4. The fourth-order valence-electron chi connectivity index (χ4n) is 2.36. The third kappa shape index (κ3) is 4.60. The summed E-state index contributed by atoms with van der Waals surface area (Å²) in [6, 6.07) is 0. The molecular weight excluding hydrogens is 305 g/mol. The normalized spacial score (nSPS) is 18.4. The Kier molecular flexibility index (Phi) is 8.57. The molecule has 1 saturated heterocycles. The molecule has 0 aliphatic carbocycles. The van der Waals surface area contributed by atoms with Crippen molar-refractivity contribution < 1.29 is 4.79 Å². The van der Waals surface area contributed by atoms with Gasteiger partial charge in [-0.3, -0.25) is 4.79 Å². The second-order valence-corrected chi connectivity index (χ2v) is 5.44. The van der Waals surface area contributed by atoms with E-state index < -0.39 is 0 Å². The Morgan fingerprint density at radius 2 is 2.32 bits per heavy atom. The maximum atomic E-state index is 12.3. The summed E-state index contributed by atoms with van der Waals surface area (Å²) in [5.74, 6) is 0.747. The number of likely N-dealkylation sites (tertiary alicyclic amines) is 1. The zero-order valence-corrected chi connectivity index (χ0v) is 13.7. The first kappa shape index (κ1) is 18.6. The van der Waals surface area contributed by atoms with Crippen LogP contribution in [0.5, 0.6) is 0 Å². The lowest BCUT2D eigenvalue weighted by Gasteiger charge is -2.32. The van der Waals surface area contributed by atoms with Gasteiger partial charge in [0.2, 0.25) is 0 Å². The van der Waals surface area contributed by atoms with Gasteiger partial charge in [0.1, 0.15) is 4.88 Å². The van der Waals surface area contributed by atoms with Crippen LogP contribution >= 0.6 is 36.2 Å². The Morgan fingerprint density at radius 3 is 2.89 bits per heavy atom. The van der Waals surface area contributed by atoms with Crippen LogP contribution in [0.3, 0.4) is 0 Å². The van der Waals surface area contributed by atoms with Gasteiger partial charge in [-0.2, -0.15) is 0 Å². The standard InChI is InChI=1S/C12H19N3OS.2ClH/c1-9-11(17-8-14-9)12(16)15-5-3-4-10(7-15)6-13-2;;/h8,10,13H,3-7H2,1-2H3;2*1H. The molecule has 1 N–H and O–H groups in total. The van der Waals surface area contributed by atoms with E-state index in [1.54, 1.807) is 5.51 Å². The summed E-state index contributed by atoms with van der Waals surface area (Å²) in [5, 5.41) is 3.20. The van der Waals surface area contributed by atoms with Gasteiger partial charge in [0.15, 0.2) is 0 Å². The van der Waals surface area contributed by atoms with Crippen LogP contribution in [0.25, 0.3) is 0 Å². The van der Waals surface area contributed by atoms with E-state index in [1.165, 1.54) is 17.8 Å². The van der Waals surface area contributed by atoms with E-state index in [0.717, 1.165) is 36.6 Å². The van der Waals surface area contributed by atoms with E-state index in [0.29, 0.717) is 5.92 Å². The van der Waals surface area contributed by atoms with E-state index >= 15 is 0 Å². The molecule has 19 heavy (non-hydrogen) atoms. The zero-order valence-electron chi connectivity index (χ0n) is 11.2. The molecule has 0 radical (unpaired) electrons. The predicted molar refractivity (Wildman–Crippen MR) is 83.9 cm³/mol. The second-order valence-electron chi connectivity index (χ2n) is 4.58. The summed E-state index contributed by atoms with van der Waals surface area (Å²) in [6.45, 7) is 4.65. The molecule has 1 amide bonds. The lowest BCUT2D eigenvalue weighted by Crippen LogP contribution is -2.42. The van der Waals surface area contributed by atoms with Gasteiger partial charge in [0, 0.05) is 13.1 Å². The van der Waals surface area contributed by atoms with Crippen molar-refractivity contribution in [2.75, 3.05) is 26.7 Å². The number of nitrogens with one attached hydrogen (secondary N) is 1. The highest BCUT2D eigenvalue weighted by Gasteiger charge is 2.25. The third-order valence-electron chi connectivity index (χ3n) is 3.24. The number of amides is 1. The number of aryl methyl sites for hydroxylation is 1. The van der Waals surface area contributed by atoms with Crippen LogP contribution in [-0.4, -0.2) is 42.5 Å². The molecule has 0 aromatic carbocycles. The van der Waals surface area contributed by atoms with Gasteiger partial charge in [-0.05, 0) is 39.3 Å². The smallest absolute Gasteiger partial charge is 0.265 e. The van der Waals surface area contributed by atoms with E-state index in [1.807, 2.05) is 18.9 Å². The Bertz CT molecular complexity index is 398. The molecule has 0 bridgehead atoms. The topological polar surface area (TPSA) is 45.2 Å². The molecule has 110 valence electrons. The zero-order chi connectivity index (χ0) is 12.3. The van der Waals surface area contributed by atoms with Gasteiger partial charge in [0.05, 0.1) is 11.2 Å². The third-order valence-corrected chi connectivity index (χ3v) is 4.16. The Morgan fingerprint density at radius 1 is 1.58 bits per heavy atom. The number of rotatable bonds is 3. The van der Waals surface area contributed by atoms with Crippen molar-refractivity contribution in [1.82, 2.24) is 15.2 Å². The number of carbonyl (C=O) groups is 1. The van der Waals surface area contributed by atoms with Crippen LogP contribution in [0.1, 0.15) is 28.2 Å². The summed E-state index contributed by atoms with van der Waals surface area (Å²) in [4.78, 5) is 19.2. The number of carbonyl (C=O) groups excluding carboxylic acids is 1. The molecule has 1 unspecified atom stereocenters. The number of thiazole rings is 1. The number of aromatic nitrogens is 1. The molecule has 1 aliphatic heterocycles. The van der Waals surface area contributed by atoms with Crippen LogP contribution < -0.4 is 5.32 Å². The van der Waals surface area contributed by atoms with Gasteiger partial charge in [0.25, 0.3) is 5.91 Å². The van der Waals surface area contributed by atoms with Gasteiger partial charge < -0.3 is 10.2 Å². The van der Waals surface area contributed by atoms with E-state index in [-0.39, 0.29) is 30.7 Å². The molecule has 2 rings (SSSR count). The highest BCUT2D eigenvalue weighted by atomic mass is 35.5. The summed E-state index contributed by atoms with van der Waals surface area (Å²) in [5.41, 5.74) is 2.60. The minimum absolute atomic E-state index is 0. The molecule has 0 saturated carbocycles. The molecule has 1 aromatic heterocycles. The van der Waals surface area contributed by atoms with Gasteiger partial charge in [-0.1, -0.05) is 0 Å². The van der Waals surface area contributed by atoms with E-state index in [4.69, 9.17) is 0 Å². The number of hydrogen-bond donors (Lipinski definition) is 1. The first-order chi connectivity index (χ1) is 8.22. The first-order valence-corrected chi connectivity index (χ1v) is 6.94. The number of halogens is 2. The summed E-state index contributed by atoms with van der Waals surface area (Å²) in [6.07, 6.45) is 2.32. The average molecular weight is 326 g/mol. The summed E-state index contributed by atoms with van der Waals surface area (Å²) < 4.78 is 0. The molecule has 2 heterocycles. The fourth-order valence-corrected chi connectivity index (χ4v) is 3.13. The lowest BCUT2D eigenvalue weighted by molar-refractivity contribution is 0.0678. The number of nitrogens with zero attached hydrogens (tertiary/aromatic N) is 2. The van der Waals surface area contributed by atoms with Crippen LogP contribution in [0.2, 0.25) is 0 Å². The predicted octanol–water partition coefficient (Wildman–Crippen LogP) is 2.37. The minimum Gasteiger partial charge on any atom is -0.338 e. The van der Waals surface area contributed by atoms with Gasteiger partial charge in [-0.25, -0.2) is 4.98 Å². The Hall–Kier alpha value is -0.360. The second kappa shape index (κ2) is 8.74. The minimum atomic E-state index is 0. The molecule has 1 atom stereocenters. The quantitative estimate of drug-likeness (QED) is 0.927. The molecule has 1 aromatic rings. The van der Waals surface area contributed by atoms with Crippen molar-refractivity contribution in [2.45, 2.75) is 19.8 Å². The van der Waals surface area contributed by atoms with E-state index in [2.05, 4.69) is 10.3 Å². The fraction of sp³-hybridized carbons (Fsp3) is 0.667. The van der Waals surface area contributed by atoms with Crippen molar-refractivity contribution in [2.24, 2.45) is 5.92 Å². The highest BCUT2D eigenvalue weighted by molar-refractivity contribution is 7.11. The maximum Gasteiger partial charge on any atom is 0.265 e. The SMILES string of the molecule is CNCC1CCCN(C(=O)c2scnc2C)C1.Cl.Cl. The van der Waals surface area contributed by atoms with Crippen molar-refractivity contribution in [1.29, 1.82) is 0 Å². The monoisotopic (exact) mass is 325 g/mol. The molecule has 1 fully saturated rings. The van der Waals surface area contributed by atoms with Crippen LogP contribution in [0.4, 0.5) is 0 Å². The van der Waals surface area contributed by atoms with Crippen LogP contribution in [0.15, 0.2) is 5.51 Å². The maximum absolute atomic E-state index is 12.3. The van der Waals surface area contributed by atoms with Crippen LogP contribution in [0, 0.1) is 12.8 Å². The van der Waals surface area contributed by atoms with Crippen molar-refractivity contribution in [3.8, 4) is 0 Å². The van der Waals surface area contributed by atoms with Crippen molar-refractivity contribution in [3.63, 3.8) is 0 Å². The average Bonchev–Trinajstić information content (AvgIpc) is 2.75. The summed E-state index contributed by atoms with van der Waals surface area (Å²) in [7, 11) is 1.97. The Balaban J connectivity index is 0.00000162. The molecule has 4 nitrogen and oxygen atoms in total. The van der Waals surface area contributed by atoms with Crippen LogP contribution in [-0.2, 0) is 0 Å². The lowest BCUT2D eigenvalue weighted by atomic mass is 9.98. The first-order valence-electron chi connectivity index (χ1n) is 6.06. The summed E-state index contributed by atoms with van der Waals surface area (Å²) >= 11 is 1.45. The Labute approximate surface area is 130 Å². The van der Waals surface area contributed by atoms with Crippen molar-refractivity contribution in [3.05, 3.63) is 16.1 Å². The molecule has 0 spiro atoms. The number of piperidine rings is 1. The van der Waals surface area contributed by atoms with Gasteiger partial charge in [-0.15, -0.1) is 36.2 Å². The molecular formula is C12H21Cl2N3OS. The van der Waals surface area contributed by atoms with Gasteiger partial charge >= 0.3 is 0 Å². The molecule has 7 heteroatoms. The largest absolute Gasteiger partial charge is 0.338 e. The van der Waals surface area contributed by atoms with Crippen molar-refractivity contribution >= 4 is 42.1 Å². The van der Waals surface area contributed by atoms with E-state index in [9.17, 15) is 4.79 Å².